The third kappa shape index (κ3) is 2.30. The Labute approximate surface area is 149 Å². The van der Waals surface area contributed by atoms with E-state index in [0.717, 1.165) is 10.9 Å². The number of hydrogen-bond donors (Lipinski definition) is 2. The van der Waals surface area contributed by atoms with Crippen molar-refractivity contribution < 1.29 is 9.90 Å². The predicted octanol–water partition coefficient (Wildman–Crippen LogP) is 4.11. The van der Waals surface area contributed by atoms with Crippen LogP contribution in [0.3, 0.4) is 0 Å². The van der Waals surface area contributed by atoms with Gasteiger partial charge in [0.15, 0.2) is 0 Å². The van der Waals surface area contributed by atoms with E-state index in [1.807, 2.05) is 61.0 Å². The third-order valence-electron chi connectivity index (χ3n) is 4.63. The van der Waals surface area contributed by atoms with Crippen LogP contribution in [0.25, 0.3) is 32.9 Å². The number of nitrogens with two attached hydrogens (primary N) is 1. The van der Waals surface area contributed by atoms with E-state index in [1.165, 1.54) is 6.33 Å². The van der Waals surface area contributed by atoms with Gasteiger partial charge in [-0.15, -0.1) is 0 Å². The lowest BCUT2D eigenvalue weighted by molar-refractivity contribution is 0.0700. The molecule has 4 rings (SSSR count). The zero-order chi connectivity index (χ0) is 18.4. The Morgan fingerprint density at radius 3 is 2.62 bits per heavy atom. The molecule has 0 saturated heterocycles. The third-order valence-corrected chi connectivity index (χ3v) is 4.63. The molecule has 6 heteroatoms. The lowest BCUT2D eigenvalue weighted by atomic mass is 9.94. The minimum absolute atomic E-state index is 0.147. The van der Waals surface area contributed by atoms with Crippen LogP contribution in [0, 0.1) is 0 Å². The number of aromatic carboxylic acids is 1. The fraction of sp³-hybridized carbons (Fsp3) is 0.150. The Balaban J connectivity index is 2.14. The fourth-order valence-electron chi connectivity index (χ4n) is 3.43. The van der Waals surface area contributed by atoms with Gasteiger partial charge in [0.2, 0.25) is 0 Å². The molecule has 130 valence electrons. The molecule has 0 spiro atoms. The molecule has 0 saturated carbocycles. The zero-order valence-corrected chi connectivity index (χ0v) is 14.5. The van der Waals surface area contributed by atoms with Crippen molar-refractivity contribution in [1.29, 1.82) is 0 Å². The Bertz CT molecular complexity index is 1160. The monoisotopic (exact) mass is 346 g/mol. The molecule has 0 radical (unpaired) electrons. The highest BCUT2D eigenvalue weighted by Gasteiger charge is 2.22. The largest absolute Gasteiger partial charge is 0.478 e. The number of rotatable bonds is 3. The van der Waals surface area contributed by atoms with Gasteiger partial charge in [0.05, 0.1) is 10.9 Å². The number of benzene rings is 2. The van der Waals surface area contributed by atoms with Gasteiger partial charge in [-0.3, -0.25) is 0 Å². The Kier molecular flexibility index (Phi) is 3.61. The number of anilines is 1. The van der Waals surface area contributed by atoms with Crippen LogP contribution in [0.5, 0.6) is 0 Å². The molecule has 2 aromatic heterocycles. The molecule has 0 amide bonds. The molecule has 0 aliphatic rings. The van der Waals surface area contributed by atoms with E-state index in [2.05, 4.69) is 9.97 Å². The second-order valence-corrected chi connectivity index (χ2v) is 6.52. The summed E-state index contributed by atoms with van der Waals surface area (Å²) >= 11 is 0. The summed E-state index contributed by atoms with van der Waals surface area (Å²) in [7, 11) is 0. The summed E-state index contributed by atoms with van der Waals surface area (Å²) in [6.45, 7) is 4.08. The van der Waals surface area contributed by atoms with Gasteiger partial charge in [-0.05, 0) is 30.2 Å². The first-order valence-corrected chi connectivity index (χ1v) is 8.35. The summed E-state index contributed by atoms with van der Waals surface area (Å²) in [4.78, 5) is 20.6. The number of nitrogen functional groups attached to an aromatic ring is 1. The highest BCUT2D eigenvalue weighted by atomic mass is 16.4. The molecule has 0 fully saturated rings. The summed E-state index contributed by atoms with van der Waals surface area (Å²) in [5, 5.41) is 12.2. The van der Waals surface area contributed by atoms with Crippen molar-refractivity contribution in [3.05, 3.63) is 54.5 Å². The number of carbonyl (C=O) groups is 1. The van der Waals surface area contributed by atoms with Crippen molar-refractivity contribution in [2.24, 2.45) is 0 Å². The second-order valence-electron chi connectivity index (χ2n) is 6.52. The van der Waals surface area contributed by atoms with E-state index in [9.17, 15) is 9.90 Å². The van der Waals surface area contributed by atoms with E-state index in [4.69, 9.17) is 5.73 Å². The molecule has 0 unspecified atom stereocenters. The van der Waals surface area contributed by atoms with Gasteiger partial charge in [0.1, 0.15) is 17.8 Å². The molecule has 6 nitrogen and oxygen atoms in total. The lowest BCUT2D eigenvalue weighted by Crippen LogP contribution is -2.01. The maximum absolute atomic E-state index is 12.1. The summed E-state index contributed by atoms with van der Waals surface area (Å²) in [6, 6.07) is 11.4. The van der Waals surface area contributed by atoms with Crippen LogP contribution in [-0.2, 0) is 0 Å². The number of carboxylic acids is 1. The Morgan fingerprint density at radius 1 is 1.12 bits per heavy atom. The maximum atomic E-state index is 12.1. The van der Waals surface area contributed by atoms with Crippen molar-refractivity contribution in [3.63, 3.8) is 0 Å². The summed E-state index contributed by atoms with van der Waals surface area (Å²) < 4.78 is 1.99. The molecule has 26 heavy (non-hydrogen) atoms. The highest BCUT2D eigenvalue weighted by molar-refractivity contribution is 6.13. The first-order chi connectivity index (χ1) is 12.5. The van der Waals surface area contributed by atoms with E-state index in [0.29, 0.717) is 27.8 Å². The van der Waals surface area contributed by atoms with Crippen molar-refractivity contribution in [2.75, 3.05) is 5.73 Å². The molecule has 0 aliphatic heterocycles. The number of carboxylic acid groups (broad SMARTS) is 1. The van der Waals surface area contributed by atoms with Gasteiger partial charge in [0.25, 0.3) is 0 Å². The normalized spacial score (nSPS) is 11.5. The molecule has 2 aromatic carbocycles. The van der Waals surface area contributed by atoms with Crippen LogP contribution in [-0.4, -0.2) is 25.6 Å². The van der Waals surface area contributed by atoms with Crippen LogP contribution < -0.4 is 5.73 Å². The summed E-state index contributed by atoms with van der Waals surface area (Å²) in [5.74, 6) is -0.633. The predicted molar refractivity (Wildman–Crippen MR) is 102 cm³/mol. The standard InChI is InChI=1S/C20H18N4O2/c1-11(2)24-9-15(17-18(21)22-10-23-19(17)24)14-8-7-12-5-3-4-6-13(12)16(14)20(25)26/h3-11H,1-2H3,(H,25,26)(H2,21,22,23). The second kappa shape index (κ2) is 5.84. The summed E-state index contributed by atoms with van der Waals surface area (Å²) in [6.07, 6.45) is 3.34. The molecule has 4 aromatic rings. The highest BCUT2D eigenvalue weighted by Crippen LogP contribution is 2.38. The van der Waals surface area contributed by atoms with Crippen LogP contribution >= 0.6 is 0 Å². The molecular formula is C20H18N4O2. The summed E-state index contributed by atoms with van der Waals surface area (Å²) in [5.41, 5.74) is 8.44. The molecule has 0 bridgehead atoms. The van der Waals surface area contributed by atoms with Gasteiger partial charge in [0, 0.05) is 17.8 Å². The van der Waals surface area contributed by atoms with E-state index in [-0.39, 0.29) is 11.6 Å². The number of fused-ring (bicyclic) bond motifs is 2. The van der Waals surface area contributed by atoms with E-state index < -0.39 is 5.97 Å². The maximum Gasteiger partial charge on any atom is 0.336 e. The molecule has 3 N–H and O–H groups in total. The SMILES string of the molecule is CC(C)n1cc(-c2ccc3ccccc3c2C(=O)O)c2c(N)ncnc21. The molecule has 0 atom stereocenters. The number of hydrogen-bond acceptors (Lipinski definition) is 4. The first kappa shape index (κ1) is 16.1. The minimum atomic E-state index is -0.974. The van der Waals surface area contributed by atoms with Crippen LogP contribution in [0.15, 0.2) is 48.9 Å². The van der Waals surface area contributed by atoms with Crippen LogP contribution in [0.1, 0.15) is 30.2 Å². The van der Waals surface area contributed by atoms with E-state index in [1.54, 1.807) is 0 Å². The van der Waals surface area contributed by atoms with Gasteiger partial charge >= 0.3 is 5.97 Å². The quantitative estimate of drug-likeness (QED) is 0.582. The van der Waals surface area contributed by atoms with Crippen molar-refractivity contribution in [3.8, 4) is 11.1 Å². The van der Waals surface area contributed by atoms with Crippen molar-refractivity contribution >= 4 is 33.6 Å². The lowest BCUT2D eigenvalue weighted by Gasteiger charge is -2.10. The molecular weight excluding hydrogens is 328 g/mol. The zero-order valence-electron chi connectivity index (χ0n) is 14.5. The fourth-order valence-corrected chi connectivity index (χ4v) is 3.43. The first-order valence-electron chi connectivity index (χ1n) is 8.35. The minimum Gasteiger partial charge on any atom is -0.478 e. The number of nitrogens with zero attached hydrogens (tertiary/aromatic N) is 3. The van der Waals surface area contributed by atoms with Crippen molar-refractivity contribution in [2.45, 2.75) is 19.9 Å². The molecule has 0 aliphatic carbocycles. The smallest absolute Gasteiger partial charge is 0.336 e. The van der Waals surface area contributed by atoms with Crippen LogP contribution in [0.4, 0.5) is 5.82 Å². The van der Waals surface area contributed by atoms with Crippen LogP contribution in [0.2, 0.25) is 0 Å². The van der Waals surface area contributed by atoms with Gasteiger partial charge in [-0.1, -0.05) is 36.4 Å². The number of aromatic nitrogens is 3. The average Bonchev–Trinajstić information content (AvgIpc) is 3.01. The van der Waals surface area contributed by atoms with Gasteiger partial charge in [-0.2, -0.15) is 0 Å². The molecule has 2 heterocycles. The topological polar surface area (TPSA) is 94.0 Å². The average molecular weight is 346 g/mol. The van der Waals surface area contributed by atoms with Gasteiger partial charge in [-0.25, -0.2) is 14.8 Å². The van der Waals surface area contributed by atoms with Crippen molar-refractivity contribution in [1.82, 2.24) is 14.5 Å². The Morgan fingerprint density at radius 2 is 1.88 bits per heavy atom. The van der Waals surface area contributed by atoms with E-state index >= 15 is 0 Å². The van der Waals surface area contributed by atoms with Gasteiger partial charge < -0.3 is 15.4 Å². The Hall–Kier alpha value is -3.41.